The highest BCUT2D eigenvalue weighted by Gasteiger charge is 2.40. The van der Waals surface area contributed by atoms with Crippen LogP contribution >= 0.6 is 0 Å². The van der Waals surface area contributed by atoms with Crippen molar-refractivity contribution in [2.75, 3.05) is 7.11 Å². The fourth-order valence-electron chi connectivity index (χ4n) is 4.15. The summed E-state index contributed by atoms with van der Waals surface area (Å²) < 4.78 is 9.35. The topological polar surface area (TPSA) is 90.4 Å². The van der Waals surface area contributed by atoms with Gasteiger partial charge in [-0.15, -0.1) is 0 Å². The number of hydrogen-bond acceptors (Lipinski definition) is 6. The van der Waals surface area contributed by atoms with Gasteiger partial charge in [0.1, 0.15) is 17.7 Å². The van der Waals surface area contributed by atoms with Gasteiger partial charge in [-0.1, -0.05) is 0 Å². The van der Waals surface area contributed by atoms with Gasteiger partial charge in [-0.2, -0.15) is 10.1 Å². The van der Waals surface area contributed by atoms with E-state index in [1.54, 1.807) is 11.6 Å². The van der Waals surface area contributed by atoms with E-state index in [0.717, 1.165) is 46.5 Å². The van der Waals surface area contributed by atoms with Crippen LogP contribution in [0.5, 0.6) is 5.88 Å². The van der Waals surface area contributed by atoms with Gasteiger partial charge in [0.2, 0.25) is 5.88 Å². The van der Waals surface area contributed by atoms with Crippen LogP contribution in [0.3, 0.4) is 0 Å². The van der Waals surface area contributed by atoms with Gasteiger partial charge in [0, 0.05) is 29.6 Å². The molecule has 27 heavy (non-hydrogen) atoms. The van der Waals surface area contributed by atoms with Gasteiger partial charge in [-0.3, -0.25) is 0 Å². The van der Waals surface area contributed by atoms with Crippen LogP contribution < -0.4 is 4.74 Å². The molecule has 0 aromatic carbocycles. The second-order valence-corrected chi connectivity index (χ2v) is 7.45. The van der Waals surface area contributed by atoms with Crippen molar-refractivity contribution in [3.63, 3.8) is 0 Å². The maximum Gasteiger partial charge on any atom is 0.241 e. The van der Waals surface area contributed by atoms with E-state index in [2.05, 4.69) is 30.7 Å². The van der Waals surface area contributed by atoms with Gasteiger partial charge in [-0.25, -0.2) is 14.5 Å². The molecule has 1 fully saturated rings. The molecule has 8 heteroatoms. The first-order chi connectivity index (χ1) is 13.0. The molecule has 8 nitrogen and oxygen atoms in total. The Labute approximate surface area is 155 Å². The molecule has 1 aliphatic rings. The summed E-state index contributed by atoms with van der Waals surface area (Å²) in [5.41, 5.74) is 3.80. The van der Waals surface area contributed by atoms with E-state index < -0.39 is 5.60 Å². The maximum atomic E-state index is 10.1. The van der Waals surface area contributed by atoms with Crippen molar-refractivity contribution in [2.24, 2.45) is 0 Å². The van der Waals surface area contributed by atoms with Crippen molar-refractivity contribution < 1.29 is 9.84 Å². The van der Waals surface area contributed by atoms with Gasteiger partial charge in [0.25, 0.3) is 0 Å². The number of hydrogen-bond donors (Lipinski definition) is 1. The molecular weight excluding hydrogens is 344 g/mol. The average Bonchev–Trinajstić information content (AvgIpc) is 3.19. The van der Waals surface area contributed by atoms with Crippen LogP contribution in [0.15, 0.2) is 30.9 Å². The van der Waals surface area contributed by atoms with Crippen LogP contribution in [0.4, 0.5) is 0 Å². The number of nitrogens with zero attached hydrogens (tertiary/aromatic N) is 6. The Morgan fingerprint density at radius 3 is 2.85 bits per heavy atom. The Bertz CT molecular complexity index is 1170. The number of imidazole rings is 1. The molecule has 1 saturated carbocycles. The lowest BCUT2D eigenvalue weighted by atomic mass is 9.77. The fourth-order valence-corrected chi connectivity index (χ4v) is 4.15. The Morgan fingerprint density at radius 2 is 2.11 bits per heavy atom. The maximum absolute atomic E-state index is 10.1. The van der Waals surface area contributed by atoms with Crippen molar-refractivity contribution in [3.8, 4) is 17.0 Å². The predicted octanol–water partition coefficient (Wildman–Crippen LogP) is 2.54. The van der Waals surface area contributed by atoms with Crippen molar-refractivity contribution in [1.29, 1.82) is 0 Å². The number of pyridine rings is 1. The minimum atomic E-state index is -0.595. The summed E-state index contributed by atoms with van der Waals surface area (Å²) in [5, 5.41) is 14.4. The van der Waals surface area contributed by atoms with Gasteiger partial charge in [0.05, 0.1) is 18.2 Å². The summed E-state index contributed by atoms with van der Waals surface area (Å²) in [5.74, 6) is 1.43. The van der Waals surface area contributed by atoms with Crippen molar-refractivity contribution in [3.05, 3.63) is 36.7 Å². The number of aromatic nitrogens is 6. The molecule has 1 aliphatic carbocycles. The number of rotatable bonds is 3. The SMILES string of the molecule is COc1ncnn2ccc(-c3cnc4nc(C)n(C5CC(C)(O)C5)c4c3)c12. The van der Waals surface area contributed by atoms with Crippen LogP contribution in [0.1, 0.15) is 31.6 Å². The van der Waals surface area contributed by atoms with E-state index >= 15 is 0 Å². The third kappa shape index (κ3) is 2.40. The van der Waals surface area contributed by atoms with Gasteiger partial charge < -0.3 is 14.4 Å². The number of aryl methyl sites for hydroxylation is 1. The van der Waals surface area contributed by atoms with E-state index in [-0.39, 0.29) is 6.04 Å². The lowest BCUT2D eigenvalue weighted by molar-refractivity contribution is -0.0502. The minimum absolute atomic E-state index is 0.241. The zero-order chi connectivity index (χ0) is 18.8. The quantitative estimate of drug-likeness (QED) is 0.601. The van der Waals surface area contributed by atoms with Crippen LogP contribution in [-0.2, 0) is 0 Å². The molecule has 5 rings (SSSR count). The first-order valence-corrected chi connectivity index (χ1v) is 8.90. The predicted molar refractivity (Wildman–Crippen MR) is 99.7 cm³/mol. The highest BCUT2D eigenvalue weighted by atomic mass is 16.5. The highest BCUT2D eigenvalue weighted by molar-refractivity contribution is 5.88. The Balaban J connectivity index is 1.68. The first kappa shape index (κ1) is 16.2. The molecule has 4 aromatic rings. The lowest BCUT2D eigenvalue weighted by Gasteiger charge is -2.42. The normalized spacial score (nSPS) is 22.3. The van der Waals surface area contributed by atoms with Crippen LogP contribution in [0.2, 0.25) is 0 Å². The Kier molecular flexibility index (Phi) is 3.30. The molecule has 0 bridgehead atoms. The van der Waals surface area contributed by atoms with Gasteiger partial charge in [-0.05, 0) is 38.8 Å². The van der Waals surface area contributed by atoms with Crippen molar-refractivity contribution in [2.45, 2.75) is 38.3 Å². The van der Waals surface area contributed by atoms with Gasteiger partial charge in [0.15, 0.2) is 5.65 Å². The Morgan fingerprint density at radius 1 is 1.30 bits per heavy atom. The highest BCUT2D eigenvalue weighted by Crippen LogP contribution is 2.43. The number of aliphatic hydroxyl groups is 1. The minimum Gasteiger partial charge on any atom is -0.479 e. The molecule has 138 valence electrons. The van der Waals surface area contributed by atoms with Crippen LogP contribution in [0, 0.1) is 6.92 Å². The van der Waals surface area contributed by atoms with Gasteiger partial charge >= 0.3 is 0 Å². The zero-order valence-corrected chi connectivity index (χ0v) is 15.4. The molecule has 4 aromatic heterocycles. The summed E-state index contributed by atoms with van der Waals surface area (Å²) in [6.45, 7) is 3.86. The summed E-state index contributed by atoms with van der Waals surface area (Å²) in [6.07, 6.45) is 6.61. The fraction of sp³-hybridized carbons (Fsp3) is 0.368. The zero-order valence-electron chi connectivity index (χ0n) is 15.4. The first-order valence-electron chi connectivity index (χ1n) is 8.90. The van der Waals surface area contributed by atoms with E-state index in [9.17, 15) is 5.11 Å². The summed E-state index contributed by atoms with van der Waals surface area (Å²) in [6, 6.07) is 4.32. The summed E-state index contributed by atoms with van der Waals surface area (Å²) >= 11 is 0. The van der Waals surface area contributed by atoms with E-state index in [4.69, 9.17) is 4.74 Å². The molecule has 0 unspecified atom stereocenters. The molecular formula is C19H20N6O2. The molecule has 0 saturated heterocycles. The number of methoxy groups -OCH3 is 1. The number of ether oxygens (including phenoxy) is 1. The standard InChI is InChI=1S/C19H20N6O2/c1-11-23-17-15(25(11)13-7-19(2,26)8-13)6-12(9-20-17)14-4-5-24-16(14)18(27-3)21-10-22-24/h4-6,9-10,13,26H,7-8H2,1-3H3. The van der Waals surface area contributed by atoms with E-state index in [0.29, 0.717) is 5.88 Å². The third-order valence-electron chi connectivity index (χ3n) is 5.36. The summed E-state index contributed by atoms with van der Waals surface area (Å²) in [4.78, 5) is 13.4. The monoisotopic (exact) mass is 364 g/mol. The molecule has 0 amide bonds. The number of fused-ring (bicyclic) bond motifs is 2. The largest absolute Gasteiger partial charge is 0.479 e. The lowest BCUT2D eigenvalue weighted by Crippen LogP contribution is -2.42. The second kappa shape index (κ2) is 5.50. The second-order valence-electron chi connectivity index (χ2n) is 7.45. The average molecular weight is 364 g/mol. The molecule has 1 N–H and O–H groups in total. The Hall–Kier alpha value is -3.00. The molecule has 0 radical (unpaired) electrons. The van der Waals surface area contributed by atoms with Crippen LogP contribution in [-0.4, -0.2) is 47.0 Å². The molecule has 0 atom stereocenters. The molecule has 0 aliphatic heterocycles. The van der Waals surface area contributed by atoms with Crippen molar-refractivity contribution >= 4 is 16.7 Å². The molecule has 0 spiro atoms. The molecule has 4 heterocycles. The third-order valence-corrected chi connectivity index (χ3v) is 5.36. The smallest absolute Gasteiger partial charge is 0.241 e. The van der Waals surface area contributed by atoms with Crippen LogP contribution in [0.25, 0.3) is 27.8 Å². The van der Waals surface area contributed by atoms with E-state index in [1.165, 1.54) is 6.33 Å². The van der Waals surface area contributed by atoms with Crippen molar-refractivity contribution in [1.82, 2.24) is 29.1 Å². The van der Waals surface area contributed by atoms with E-state index in [1.807, 2.05) is 32.3 Å². The summed E-state index contributed by atoms with van der Waals surface area (Å²) in [7, 11) is 1.60.